The maximum absolute atomic E-state index is 13.5. The molecule has 2 aromatic carbocycles. The van der Waals surface area contributed by atoms with Gasteiger partial charge in [0.15, 0.2) is 5.78 Å². The predicted molar refractivity (Wildman–Crippen MR) is 119 cm³/mol. The predicted octanol–water partition coefficient (Wildman–Crippen LogP) is 3.40. The topological polar surface area (TPSA) is 84.0 Å². The number of halogens is 1. The number of amides is 3. The van der Waals surface area contributed by atoms with Gasteiger partial charge in [-0.05, 0) is 54.7 Å². The number of allylic oxidation sites excluding steroid dienone is 2. The van der Waals surface area contributed by atoms with E-state index in [1.807, 2.05) is 12.2 Å². The minimum Gasteiger partial charge on any atom is -0.497 e. The highest BCUT2D eigenvalue weighted by Crippen LogP contribution is 2.52. The lowest BCUT2D eigenvalue weighted by molar-refractivity contribution is -0.154. The third-order valence-electron chi connectivity index (χ3n) is 6.70. The van der Waals surface area contributed by atoms with Gasteiger partial charge >= 0.3 is 0 Å². The molecule has 0 spiro atoms. The quantitative estimate of drug-likeness (QED) is 0.371. The molecule has 4 atom stereocenters. The number of rotatable bonds is 6. The molecule has 168 valence electrons. The Morgan fingerprint density at radius 1 is 1.00 bits per heavy atom. The highest BCUT2D eigenvalue weighted by atomic mass is 35.5. The van der Waals surface area contributed by atoms with Crippen LogP contribution in [0.25, 0.3) is 0 Å². The number of carbonyl (C=O) groups is 4. The molecule has 0 radical (unpaired) electrons. The molecule has 1 heterocycles. The van der Waals surface area contributed by atoms with Crippen molar-refractivity contribution < 1.29 is 23.9 Å². The molecule has 1 saturated heterocycles. The summed E-state index contributed by atoms with van der Waals surface area (Å²) < 4.78 is 5.18. The number of imide groups is 1. The van der Waals surface area contributed by atoms with Crippen molar-refractivity contribution in [2.45, 2.75) is 6.42 Å². The normalized spacial score (nSPS) is 24.8. The number of fused-ring (bicyclic) bond motifs is 5. The van der Waals surface area contributed by atoms with Crippen LogP contribution in [0.5, 0.6) is 5.75 Å². The molecule has 2 bridgehead atoms. The van der Waals surface area contributed by atoms with Crippen molar-refractivity contribution in [2.75, 3.05) is 13.7 Å². The molecule has 3 amide bonds. The molecule has 5 rings (SSSR count). The van der Waals surface area contributed by atoms with Crippen LogP contribution in [0.2, 0.25) is 5.02 Å². The third-order valence-corrected chi connectivity index (χ3v) is 6.95. The number of hydrogen-bond acceptors (Lipinski definition) is 5. The molecule has 2 fully saturated rings. The summed E-state index contributed by atoms with van der Waals surface area (Å²) in [6.45, 7) is -0.464. The molecule has 0 N–H and O–H groups in total. The first-order valence-electron chi connectivity index (χ1n) is 10.7. The van der Waals surface area contributed by atoms with E-state index < -0.39 is 41.9 Å². The molecule has 0 aromatic heterocycles. The summed E-state index contributed by atoms with van der Waals surface area (Å²) in [7, 11) is 1.49. The monoisotopic (exact) mass is 464 g/mol. The van der Waals surface area contributed by atoms with E-state index >= 15 is 0 Å². The second-order valence-electron chi connectivity index (χ2n) is 8.51. The summed E-state index contributed by atoms with van der Waals surface area (Å²) in [5.41, 5.74) is 0.529. The number of ether oxygens (including phenoxy) is 1. The average molecular weight is 465 g/mol. The summed E-state index contributed by atoms with van der Waals surface area (Å²) in [6.07, 6.45) is 4.73. The Labute approximate surface area is 195 Å². The standard InChI is InChI=1S/C25H21ClN2O5/c1-33-19-4-2-3-15(12-19)20(29)13-27(23(30)14-7-9-18(26)10-8-14)28-24(31)21-16-5-6-17(11-16)22(21)25(28)32/h2-10,12,16-17,21-22H,11,13H2,1H3/t16-,17-,21-,22+/m0/s1. The fourth-order valence-electron chi connectivity index (χ4n) is 5.12. The Morgan fingerprint density at radius 3 is 2.24 bits per heavy atom. The van der Waals surface area contributed by atoms with Gasteiger partial charge in [0.25, 0.3) is 17.7 Å². The van der Waals surface area contributed by atoms with Crippen LogP contribution in [0.4, 0.5) is 0 Å². The van der Waals surface area contributed by atoms with Crippen LogP contribution in [-0.2, 0) is 9.59 Å². The van der Waals surface area contributed by atoms with Gasteiger partial charge in [0, 0.05) is 16.1 Å². The fourth-order valence-corrected chi connectivity index (χ4v) is 5.25. The zero-order chi connectivity index (χ0) is 23.3. The molecule has 1 saturated carbocycles. The van der Waals surface area contributed by atoms with Gasteiger partial charge in [0.05, 0.1) is 18.9 Å². The maximum atomic E-state index is 13.5. The van der Waals surface area contributed by atoms with E-state index in [4.69, 9.17) is 16.3 Å². The highest BCUT2D eigenvalue weighted by molar-refractivity contribution is 6.30. The van der Waals surface area contributed by atoms with E-state index in [0.717, 1.165) is 16.4 Å². The van der Waals surface area contributed by atoms with Gasteiger partial charge in [0.1, 0.15) is 12.3 Å². The second-order valence-corrected chi connectivity index (χ2v) is 8.95. The van der Waals surface area contributed by atoms with Crippen molar-refractivity contribution in [3.8, 4) is 5.75 Å². The van der Waals surface area contributed by atoms with Crippen LogP contribution >= 0.6 is 11.6 Å². The number of methoxy groups -OCH3 is 1. The van der Waals surface area contributed by atoms with Crippen molar-refractivity contribution in [1.82, 2.24) is 10.0 Å². The largest absolute Gasteiger partial charge is 0.497 e. The molecule has 3 aliphatic rings. The number of hydrogen-bond donors (Lipinski definition) is 0. The third kappa shape index (κ3) is 3.53. The molecule has 0 unspecified atom stereocenters. The summed E-state index contributed by atoms with van der Waals surface area (Å²) >= 11 is 5.95. The molecule has 7 nitrogen and oxygen atoms in total. The minimum atomic E-state index is -0.620. The number of Topliss-reactive ketones (excluding diaryl/α,β-unsaturated/α-hetero) is 1. The van der Waals surface area contributed by atoms with E-state index in [2.05, 4.69) is 0 Å². The number of benzene rings is 2. The first-order valence-corrected chi connectivity index (χ1v) is 11.1. The van der Waals surface area contributed by atoms with E-state index in [-0.39, 0.29) is 17.4 Å². The molecular weight excluding hydrogens is 444 g/mol. The maximum Gasteiger partial charge on any atom is 0.273 e. The van der Waals surface area contributed by atoms with Gasteiger partial charge in [-0.1, -0.05) is 35.9 Å². The summed E-state index contributed by atoms with van der Waals surface area (Å²) in [4.78, 5) is 53.3. The fraction of sp³-hybridized carbons (Fsp3) is 0.280. The number of nitrogens with zero attached hydrogens (tertiary/aromatic N) is 2. The zero-order valence-electron chi connectivity index (χ0n) is 17.8. The van der Waals surface area contributed by atoms with Crippen molar-refractivity contribution in [3.63, 3.8) is 0 Å². The van der Waals surface area contributed by atoms with Gasteiger partial charge < -0.3 is 4.74 Å². The van der Waals surface area contributed by atoms with Crippen molar-refractivity contribution >= 4 is 35.1 Å². The molecule has 33 heavy (non-hydrogen) atoms. The number of carbonyl (C=O) groups excluding carboxylic acids is 4. The van der Waals surface area contributed by atoms with Crippen LogP contribution < -0.4 is 4.74 Å². The van der Waals surface area contributed by atoms with Crippen molar-refractivity contribution in [1.29, 1.82) is 0 Å². The lowest BCUT2D eigenvalue weighted by Gasteiger charge is -2.30. The number of ketones is 1. The van der Waals surface area contributed by atoms with Gasteiger partial charge in [-0.15, -0.1) is 0 Å². The smallest absolute Gasteiger partial charge is 0.273 e. The lowest BCUT2D eigenvalue weighted by atomic mass is 9.85. The average Bonchev–Trinajstić information content (AvgIpc) is 3.51. The Hall–Kier alpha value is -3.45. The molecule has 2 aromatic rings. The Bertz CT molecular complexity index is 1160. The van der Waals surface area contributed by atoms with Gasteiger partial charge in [-0.25, -0.2) is 5.01 Å². The first kappa shape index (κ1) is 21.4. The molecule has 8 heteroatoms. The molecule has 1 aliphatic heterocycles. The van der Waals surface area contributed by atoms with Crippen LogP contribution in [0.1, 0.15) is 27.1 Å². The van der Waals surface area contributed by atoms with Crippen molar-refractivity contribution in [3.05, 3.63) is 76.8 Å². The van der Waals surface area contributed by atoms with E-state index in [1.54, 1.807) is 36.4 Å². The van der Waals surface area contributed by atoms with E-state index in [0.29, 0.717) is 16.3 Å². The van der Waals surface area contributed by atoms with Gasteiger partial charge in [-0.3, -0.25) is 19.2 Å². The van der Waals surface area contributed by atoms with Crippen LogP contribution in [0, 0.1) is 23.7 Å². The summed E-state index contributed by atoms with van der Waals surface area (Å²) in [5, 5.41) is 2.32. The van der Waals surface area contributed by atoms with Gasteiger partial charge in [0.2, 0.25) is 0 Å². The SMILES string of the molecule is COc1cccc(C(=O)CN(C(=O)c2ccc(Cl)cc2)N2C(=O)[C@@H]3[C@H](C2=O)[C@H]2C=C[C@H]3C2)c1. The molecule has 2 aliphatic carbocycles. The van der Waals surface area contributed by atoms with Crippen LogP contribution in [-0.4, -0.2) is 47.2 Å². The van der Waals surface area contributed by atoms with Crippen molar-refractivity contribution in [2.24, 2.45) is 23.7 Å². The molecular formula is C25H21ClN2O5. The summed E-state index contributed by atoms with van der Waals surface area (Å²) in [6, 6.07) is 12.6. The number of hydrazine groups is 1. The highest BCUT2D eigenvalue weighted by Gasteiger charge is 2.61. The Kier molecular flexibility index (Phi) is 5.29. The van der Waals surface area contributed by atoms with Crippen LogP contribution in [0.3, 0.4) is 0 Å². The minimum absolute atomic E-state index is 0.0111. The zero-order valence-corrected chi connectivity index (χ0v) is 18.6. The van der Waals surface area contributed by atoms with Gasteiger partial charge in [-0.2, -0.15) is 5.01 Å². The van der Waals surface area contributed by atoms with Crippen LogP contribution in [0.15, 0.2) is 60.7 Å². The first-order chi connectivity index (χ1) is 15.9. The second kappa shape index (κ2) is 8.15. The van der Waals surface area contributed by atoms with E-state index in [1.165, 1.54) is 19.2 Å². The Balaban J connectivity index is 1.49. The Morgan fingerprint density at radius 2 is 1.64 bits per heavy atom. The lowest BCUT2D eigenvalue weighted by Crippen LogP contribution is -2.52. The summed E-state index contributed by atoms with van der Waals surface area (Å²) in [5.74, 6) is -2.40. The van der Waals surface area contributed by atoms with E-state index in [9.17, 15) is 19.2 Å².